The molecule has 0 saturated heterocycles. The molecule has 3 rings (SSSR count). The van der Waals surface area contributed by atoms with E-state index < -0.39 is 29.3 Å². The van der Waals surface area contributed by atoms with Gasteiger partial charge in [-0.05, 0) is 37.1 Å². The molecule has 26 heavy (non-hydrogen) atoms. The molecular formula is C16H13N3O6S. The summed E-state index contributed by atoms with van der Waals surface area (Å²) in [4.78, 5) is 37.8. The maximum absolute atomic E-state index is 11.9. The molecule has 134 valence electrons. The standard InChI is InChI=1S/C16H13N3O6S/c1-8-5-9(2)14-11(6-8)26-16(18-14)17-12(20)7-24-15(21)10-3-4-13(25-10)19(22)23/h3-6H,7H2,1-2H3,(H,17,18,20). The van der Waals surface area contributed by atoms with Crippen molar-refractivity contribution >= 4 is 44.4 Å². The molecule has 0 spiro atoms. The molecule has 1 amide bonds. The fourth-order valence-electron chi connectivity index (χ4n) is 2.32. The number of fused-ring (bicyclic) bond motifs is 1. The smallest absolute Gasteiger partial charge is 0.433 e. The highest BCUT2D eigenvalue weighted by atomic mass is 32.1. The number of hydrogen-bond acceptors (Lipinski definition) is 8. The zero-order valence-corrected chi connectivity index (χ0v) is 14.6. The highest BCUT2D eigenvalue weighted by Crippen LogP contribution is 2.29. The highest BCUT2D eigenvalue weighted by Gasteiger charge is 2.19. The summed E-state index contributed by atoms with van der Waals surface area (Å²) in [5.74, 6) is -2.48. The summed E-state index contributed by atoms with van der Waals surface area (Å²) in [6.07, 6.45) is 0. The molecule has 0 aliphatic rings. The predicted molar refractivity (Wildman–Crippen MR) is 93.4 cm³/mol. The third-order valence-corrected chi connectivity index (χ3v) is 4.30. The van der Waals surface area contributed by atoms with Crippen molar-refractivity contribution in [3.05, 3.63) is 51.3 Å². The van der Waals surface area contributed by atoms with Crippen LogP contribution in [0.5, 0.6) is 0 Å². The number of nitrogens with one attached hydrogen (secondary N) is 1. The molecule has 10 heteroatoms. The third kappa shape index (κ3) is 3.70. The number of esters is 1. The molecule has 9 nitrogen and oxygen atoms in total. The first kappa shape index (κ1) is 17.5. The third-order valence-electron chi connectivity index (χ3n) is 3.38. The Kier molecular flexibility index (Phi) is 4.67. The van der Waals surface area contributed by atoms with Crippen LogP contribution in [0.25, 0.3) is 10.2 Å². The molecule has 0 unspecified atom stereocenters. The summed E-state index contributed by atoms with van der Waals surface area (Å²) in [6.45, 7) is 3.34. The Morgan fingerprint density at radius 3 is 2.81 bits per heavy atom. The second-order valence-corrected chi connectivity index (χ2v) is 6.50. The second-order valence-electron chi connectivity index (χ2n) is 5.47. The Labute approximate surface area is 150 Å². The Bertz CT molecular complexity index is 1020. The number of anilines is 1. The average molecular weight is 375 g/mol. The number of aromatic nitrogens is 1. The van der Waals surface area contributed by atoms with Gasteiger partial charge in [0.05, 0.1) is 16.3 Å². The second kappa shape index (κ2) is 6.92. The number of furan rings is 1. The van der Waals surface area contributed by atoms with Gasteiger partial charge in [-0.25, -0.2) is 9.78 Å². The first-order valence-electron chi connectivity index (χ1n) is 7.42. The van der Waals surface area contributed by atoms with E-state index >= 15 is 0 Å². The van der Waals surface area contributed by atoms with E-state index in [1.54, 1.807) is 0 Å². The minimum absolute atomic E-state index is 0.351. The van der Waals surface area contributed by atoms with Crippen molar-refractivity contribution in [2.24, 2.45) is 0 Å². The largest absolute Gasteiger partial charge is 0.450 e. The molecule has 1 aromatic carbocycles. The minimum atomic E-state index is -0.969. The SMILES string of the molecule is Cc1cc(C)c2nc(NC(=O)COC(=O)c3ccc([N+](=O)[O-])o3)sc2c1. The van der Waals surface area contributed by atoms with Crippen LogP contribution >= 0.6 is 11.3 Å². The van der Waals surface area contributed by atoms with Gasteiger partial charge in [-0.1, -0.05) is 17.4 Å². The zero-order valence-electron chi connectivity index (χ0n) is 13.8. The van der Waals surface area contributed by atoms with Crippen molar-refractivity contribution < 1.29 is 23.7 Å². The number of carbonyl (C=O) groups is 2. The number of carbonyl (C=O) groups excluding carboxylic acids is 2. The molecule has 0 saturated carbocycles. The first-order chi connectivity index (χ1) is 12.3. The molecule has 0 radical (unpaired) electrons. The van der Waals surface area contributed by atoms with Gasteiger partial charge < -0.3 is 9.15 Å². The van der Waals surface area contributed by atoms with E-state index in [0.717, 1.165) is 33.5 Å². The molecule has 0 aliphatic carbocycles. The van der Waals surface area contributed by atoms with Gasteiger partial charge in [0.15, 0.2) is 11.7 Å². The number of nitro groups is 1. The minimum Gasteiger partial charge on any atom is -0.450 e. The van der Waals surface area contributed by atoms with Gasteiger partial charge in [-0.3, -0.25) is 20.2 Å². The van der Waals surface area contributed by atoms with Gasteiger partial charge in [-0.15, -0.1) is 0 Å². The number of benzene rings is 1. The normalized spacial score (nSPS) is 10.7. The molecule has 3 aromatic rings. The van der Waals surface area contributed by atoms with Crippen molar-refractivity contribution in [3.8, 4) is 0 Å². The van der Waals surface area contributed by atoms with Gasteiger partial charge in [-0.2, -0.15) is 0 Å². The van der Waals surface area contributed by atoms with E-state index in [2.05, 4.69) is 10.3 Å². The lowest BCUT2D eigenvalue weighted by Gasteiger charge is -2.02. The van der Waals surface area contributed by atoms with Gasteiger partial charge in [0.1, 0.15) is 4.92 Å². The van der Waals surface area contributed by atoms with E-state index in [1.807, 2.05) is 26.0 Å². The van der Waals surface area contributed by atoms with Crippen molar-refractivity contribution in [2.45, 2.75) is 13.8 Å². The zero-order chi connectivity index (χ0) is 18.8. The number of rotatable bonds is 5. The Hall–Kier alpha value is -3.27. The molecular weight excluding hydrogens is 362 g/mol. The lowest BCUT2D eigenvalue weighted by Crippen LogP contribution is -2.20. The Morgan fingerprint density at radius 2 is 2.12 bits per heavy atom. The van der Waals surface area contributed by atoms with Crippen LogP contribution in [-0.2, 0) is 9.53 Å². The van der Waals surface area contributed by atoms with Crippen molar-refractivity contribution in [3.63, 3.8) is 0 Å². The van der Waals surface area contributed by atoms with E-state index in [0.29, 0.717) is 5.13 Å². The molecule has 2 heterocycles. The Balaban J connectivity index is 1.61. The lowest BCUT2D eigenvalue weighted by molar-refractivity contribution is -0.402. The molecule has 0 fully saturated rings. The number of hydrogen-bond donors (Lipinski definition) is 1. The summed E-state index contributed by atoms with van der Waals surface area (Å²) < 4.78 is 10.4. The summed E-state index contributed by atoms with van der Waals surface area (Å²) in [6, 6.07) is 6.11. The summed E-state index contributed by atoms with van der Waals surface area (Å²) in [5, 5.41) is 13.5. The summed E-state index contributed by atoms with van der Waals surface area (Å²) in [7, 11) is 0. The van der Waals surface area contributed by atoms with E-state index in [4.69, 9.17) is 9.15 Å². The predicted octanol–water partition coefficient (Wildman–Crippen LogP) is 3.21. The van der Waals surface area contributed by atoms with Crippen LogP contribution in [-0.4, -0.2) is 28.4 Å². The van der Waals surface area contributed by atoms with Crippen LogP contribution in [0.4, 0.5) is 11.0 Å². The number of ether oxygens (including phenoxy) is 1. The van der Waals surface area contributed by atoms with Crippen LogP contribution in [0.2, 0.25) is 0 Å². The average Bonchev–Trinajstić information content (AvgIpc) is 3.19. The van der Waals surface area contributed by atoms with Gasteiger partial charge in [0, 0.05) is 0 Å². The van der Waals surface area contributed by atoms with Crippen molar-refractivity contribution in [2.75, 3.05) is 11.9 Å². The Morgan fingerprint density at radius 1 is 1.35 bits per heavy atom. The van der Waals surface area contributed by atoms with E-state index in [1.165, 1.54) is 11.3 Å². The van der Waals surface area contributed by atoms with Crippen LogP contribution in [0.3, 0.4) is 0 Å². The van der Waals surface area contributed by atoms with Crippen LogP contribution < -0.4 is 5.32 Å². The van der Waals surface area contributed by atoms with Gasteiger partial charge in [0.25, 0.3) is 5.91 Å². The molecule has 0 atom stereocenters. The molecule has 0 bridgehead atoms. The number of thiazole rings is 1. The number of amides is 1. The fraction of sp³-hybridized carbons (Fsp3) is 0.188. The lowest BCUT2D eigenvalue weighted by atomic mass is 10.1. The van der Waals surface area contributed by atoms with Crippen LogP contribution in [0, 0.1) is 24.0 Å². The van der Waals surface area contributed by atoms with Crippen molar-refractivity contribution in [1.82, 2.24) is 4.98 Å². The topological polar surface area (TPSA) is 125 Å². The molecule has 1 N–H and O–H groups in total. The van der Waals surface area contributed by atoms with Gasteiger partial charge in [0.2, 0.25) is 5.76 Å². The molecule has 0 aliphatic heterocycles. The van der Waals surface area contributed by atoms with Crippen molar-refractivity contribution in [1.29, 1.82) is 0 Å². The van der Waals surface area contributed by atoms with Gasteiger partial charge >= 0.3 is 11.9 Å². The van der Waals surface area contributed by atoms with E-state index in [-0.39, 0.29) is 5.76 Å². The monoisotopic (exact) mass is 375 g/mol. The quantitative estimate of drug-likeness (QED) is 0.412. The summed E-state index contributed by atoms with van der Waals surface area (Å²) in [5.41, 5.74) is 2.90. The number of aryl methyl sites for hydroxylation is 2. The van der Waals surface area contributed by atoms with Crippen LogP contribution in [0.1, 0.15) is 21.7 Å². The maximum Gasteiger partial charge on any atom is 0.433 e. The van der Waals surface area contributed by atoms with Crippen LogP contribution in [0.15, 0.2) is 28.7 Å². The maximum atomic E-state index is 11.9. The first-order valence-corrected chi connectivity index (χ1v) is 8.24. The molecule has 2 aromatic heterocycles. The van der Waals surface area contributed by atoms with E-state index in [9.17, 15) is 19.7 Å². The summed E-state index contributed by atoms with van der Waals surface area (Å²) >= 11 is 1.31. The fourth-order valence-corrected chi connectivity index (χ4v) is 3.38. The highest BCUT2D eigenvalue weighted by molar-refractivity contribution is 7.22. The number of nitrogens with zero attached hydrogens (tertiary/aromatic N) is 2.